The van der Waals surface area contributed by atoms with E-state index in [1.54, 1.807) is 11.8 Å². The highest BCUT2D eigenvalue weighted by molar-refractivity contribution is 5.79. The highest BCUT2D eigenvalue weighted by atomic mass is 16.5. The summed E-state index contributed by atoms with van der Waals surface area (Å²) in [6.07, 6.45) is 0.798. The molecule has 1 aromatic carbocycles. The van der Waals surface area contributed by atoms with Crippen molar-refractivity contribution in [3.63, 3.8) is 0 Å². The number of hydrogen-bond acceptors (Lipinski definition) is 3. The lowest BCUT2D eigenvalue weighted by atomic mass is 10.0. The fourth-order valence-corrected chi connectivity index (χ4v) is 2.73. The molecule has 1 N–H and O–H groups in total. The van der Waals surface area contributed by atoms with Crippen molar-refractivity contribution in [2.24, 2.45) is 5.92 Å². The summed E-state index contributed by atoms with van der Waals surface area (Å²) < 4.78 is 5.61. The third-order valence-corrected chi connectivity index (χ3v) is 4.06. The molecule has 0 aromatic heterocycles. The third-order valence-electron chi connectivity index (χ3n) is 4.06. The van der Waals surface area contributed by atoms with Crippen LogP contribution in [0.1, 0.15) is 25.3 Å². The Morgan fingerprint density at radius 1 is 1.38 bits per heavy atom. The number of para-hydroxylation sites is 1. The molecular weight excluding hydrogens is 270 g/mol. The number of hydrogen-bond donors (Lipinski definition) is 1. The average molecular weight is 291 g/mol. The quantitative estimate of drug-likeness (QED) is 0.902. The van der Waals surface area contributed by atoms with Gasteiger partial charge in [-0.25, -0.2) is 0 Å². The van der Waals surface area contributed by atoms with Crippen LogP contribution in [-0.4, -0.2) is 41.1 Å². The van der Waals surface area contributed by atoms with E-state index in [4.69, 9.17) is 9.84 Å². The van der Waals surface area contributed by atoms with Crippen molar-refractivity contribution in [3.05, 3.63) is 29.8 Å². The van der Waals surface area contributed by atoms with Crippen LogP contribution in [0, 0.1) is 12.8 Å². The number of amides is 1. The molecule has 1 amide bonds. The molecule has 1 aliphatic rings. The molecule has 0 aliphatic carbocycles. The summed E-state index contributed by atoms with van der Waals surface area (Å²) in [5.74, 6) is -0.539. The van der Waals surface area contributed by atoms with Gasteiger partial charge in [-0.05, 0) is 31.9 Å². The van der Waals surface area contributed by atoms with Crippen LogP contribution < -0.4 is 4.74 Å². The number of aryl methyl sites for hydroxylation is 1. The number of rotatable bonds is 5. The maximum Gasteiger partial charge on any atom is 0.308 e. The van der Waals surface area contributed by atoms with Gasteiger partial charge in [0.1, 0.15) is 5.75 Å². The molecule has 1 saturated heterocycles. The number of nitrogens with zero attached hydrogens (tertiary/aromatic N) is 1. The van der Waals surface area contributed by atoms with Gasteiger partial charge in [-0.1, -0.05) is 18.2 Å². The number of carbonyl (C=O) groups is 2. The zero-order chi connectivity index (χ0) is 15.4. The molecule has 21 heavy (non-hydrogen) atoms. The smallest absolute Gasteiger partial charge is 0.308 e. The first kappa shape index (κ1) is 15.4. The number of aliphatic carboxylic acids is 1. The molecule has 114 valence electrons. The number of likely N-dealkylation sites (tertiary alicyclic amines) is 1. The first-order chi connectivity index (χ1) is 10.0. The largest absolute Gasteiger partial charge is 0.493 e. The van der Waals surface area contributed by atoms with E-state index in [0.717, 1.165) is 11.3 Å². The maximum atomic E-state index is 12.2. The van der Waals surface area contributed by atoms with Crippen LogP contribution in [0.3, 0.4) is 0 Å². The molecule has 1 aromatic rings. The molecule has 0 radical (unpaired) electrons. The predicted molar refractivity (Wildman–Crippen MR) is 78.2 cm³/mol. The van der Waals surface area contributed by atoms with E-state index < -0.39 is 11.9 Å². The Morgan fingerprint density at radius 2 is 2.10 bits per heavy atom. The van der Waals surface area contributed by atoms with Crippen molar-refractivity contribution in [1.29, 1.82) is 0 Å². The standard InChI is InChI=1S/C16H21NO4/c1-11-5-3-4-6-14(11)21-10-8-15(18)17-9-7-13(12(17)2)16(19)20/h3-6,12-13H,7-10H2,1-2H3,(H,19,20). The van der Waals surface area contributed by atoms with Crippen molar-refractivity contribution >= 4 is 11.9 Å². The molecule has 2 atom stereocenters. The Kier molecular flexibility index (Phi) is 4.83. The second-order valence-electron chi connectivity index (χ2n) is 5.43. The second-order valence-corrected chi connectivity index (χ2v) is 5.43. The lowest BCUT2D eigenvalue weighted by Gasteiger charge is -2.23. The molecular formula is C16H21NO4. The van der Waals surface area contributed by atoms with Crippen LogP contribution in [-0.2, 0) is 9.59 Å². The first-order valence-corrected chi connectivity index (χ1v) is 7.21. The fraction of sp³-hybridized carbons (Fsp3) is 0.500. The lowest BCUT2D eigenvalue weighted by molar-refractivity contribution is -0.143. The summed E-state index contributed by atoms with van der Waals surface area (Å²) in [5.41, 5.74) is 1.03. The Bertz CT molecular complexity index is 529. The maximum absolute atomic E-state index is 12.2. The van der Waals surface area contributed by atoms with Crippen LogP contribution in [0.25, 0.3) is 0 Å². The molecule has 1 heterocycles. The number of ether oxygens (including phenoxy) is 1. The van der Waals surface area contributed by atoms with E-state index >= 15 is 0 Å². The van der Waals surface area contributed by atoms with Crippen LogP contribution >= 0.6 is 0 Å². The SMILES string of the molecule is Cc1ccccc1OCCC(=O)N1CCC(C(=O)O)C1C. The number of carbonyl (C=O) groups excluding carboxylic acids is 1. The van der Waals surface area contributed by atoms with Crippen molar-refractivity contribution < 1.29 is 19.4 Å². The minimum atomic E-state index is -0.825. The summed E-state index contributed by atoms with van der Waals surface area (Å²) in [5, 5.41) is 9.08. The van der Waals surface area contributed by atoms with Crippen molar-refractivity contribution in [1.82, 2.24) is 4.90 Å². The summed E-state index contributed by atoms with van der Waals surface area (Å²) in [7, 11) is 0. The molecule has 5 nitrogen and oxygen atoms in total. The highest BCUT2D eigenvalue weighted by Gasteiger charge is 2.37. The van der Waals surface area contributed by atoms with Gasteiger partial charge in [0.25, 0.3) is 0 Å². The van der Waals surface area contributed by atoms with Gasteiger partial charge in [-0.15, -0.1) is 0 Å². The zero-order valence-corrected chi connectivity index (χ0v) is 12.4. The molecule has 0 saturated carbocycles. The molecule has 5 heteroatoms. The Labute approximate surface area is 124 Å². The van der Waals surface area contributed by atoms with E-state index in [2.05, 4.69) is 0 Å². The van der Waals surface area contributed by atoms with Crippen molar-refractivity contribution in [3.8, 4) is 5.75 Å². The molecule has 1 fully saturated rings. The van der Waals surface area contributed by atoms with E-state index in [1.807, 2.05) is 31.2 Å². The Balaban J connectivity index is 1.83. The van der Waals surface area contributed by atoms with Gasteiger partial charge in [-0.3, -0.25) is 9.59 Å². The summed E-state index contributed by atoms with van der Waals surface area (Å²) in [4.78, 5) is 24.9. The van der Waals surface area contributed by atoms with Crippen molar-refractivity contribution in [2.75, 3.05) is 13.2 Å². The molecule has 2 rings (SSSR count). The summed E-state index contributed by atoms with van der Waals surface area (Å²) >= 11 is 0. The molecule has 2 unspecified atom stereocenters. The number of carboxylic acids is 1. The summed E-state index contributed by atoms with van der Waals surface area (Å²) in [6.45, 7) is 4.58. The molecule has 1 aliphatic heterocycles. The predicted octanol–water partition coefficient (Wildman–Crippen LogP) is 2.09. The second kappa shape index (κ2) is 6.61. The van der Waals surface area contributed by atoms with Gasteiger partial charge in [0, 0.05) is 12.6 Å². The normalized spacial score (nSPS) is 21.3. The van der Waals surface area contributed by atoms with Crippen LogP contribution in [0.15, 0.2) is 24.3 Å². The van der Waals surface area contributed by atoms with Gasteiger partial charge < -0.3 is 14.7 Å². The number of carboxylic acid groups (broad SMARTS) is 1. The minimum absolute atomic E-state index is 0.0418. The monoisotopic (exact) mass is 291 g/mol. The van der Waals surface area contributed by atoms with Crippen LogP contribution in [0.5, 0.6) is 5.75 Å². The number of benzene rings is 1. The average Bonchev–Trinajstić information content (AvgIpc) is 2.83. The van der Waals surface area contributed by atoms with Gasteiger partial charge in [-0.2, -0.15) is 0 Å². The Hall–Kier alpha value is -2.04. The van der Waals surface area contributed by atoms with E-state index in [0.29, 0.717) is 19.6 Å². The van der Waals surface area contributed by atoms with Crippen LogP contribution in [0.2, 0.25) is 0 Å². The zero-order valence-electron chi connectivity index (χ0n) is 12.4. The van der Waals surface area contributed by atoms with Gasteiger partial charge in [0.15, 0.2) is 0 Å². The van der Waals surface area contributed by atoms with Crippen molar-refractivity contribution in [2.45, 2.75) is 32.7 Å². The molecule has 0 spiro atoms. The van der Waals surface area contributed by atoms with E-state index in [-0.39, 0.29) is 18.4 Å². The summed E-state index contributed by atoms with van der Waals surface area (Å²) in [6, 6.07) is 7.42. The van der Waals surface area contributed by atoms with Gasteiger partial charge in [0.05, 0.1) is 18.9 Å². The lowest BCUT2D eigenvalue weighted by Crippen LogP contribution is -2.38. The van der Waals surface area contributed by atoms with E-state index in [9.17, 15) is 9.59 Å². The minimum Gasteiger partial charge on any atom is -0.493 e. The van der Waals surface area contributed by atoms with Crippen LogP contribution in [0.4, 0.5) is 0 Å². The van der Waals surface area contributed by atoms with Gasteiger partial charge in [0.2, 0.25) is 5.91 Å². The molecule has 0 bridgehead atoms. The van der Waals surface area contributed by atoms with E-state index in [1.165, 1.54) is 0 Å². The highest BCUT2D eigenvalue weighted by Crippen LogP contribution is 2.25. The topological polar surface area (TPSA) is 66.8 Å². The Morgan fingerprint density at radius 3 is 2.71 bits per heavy atom. The van der Waals surface area contributed by atoms with Gasteiger partial charge >= 0.3 is 5.97 Å². The fourth-order valence-electron chi connectivity index (χ4n) is 2.73. The third kappa shape index (κ3) is 3.54. The first-order valence-electron chi connectivity index (χ1n) is 7.21.